The van der Waals surface area contributed by atoms with Crippen LogP contribution in [0.15, 0.2) is 48.7 Å². The molecule has 1 aromatic carbocycles. The van der Waals surface area contributed by atoms with E-state index in [-0.39, 0.29) is 5.91 Å². The maximum absolute atomic E-state index is 13.5. The number of piperidine rings is 1. The molecule has 2 aromatic rings. The first-order chi connectivity index (χ1) is 14.1. The number of nitrogens with zero attached hydrogens (tertiary/aromatic N) is 3. The molecule has 30 heavy (non-hydrogen) atoms. The topological polar surface area (TPSA) is 36.4 Å². The molecule has 0 N–H and O–H groups in total. The van der Waals surface area contributed by atoms with E-state index in [9.17, 15) is 18.0 Å². The predicted molar refractivity (Wildman–Crippen MR) is 109 cm³/mol. The number of amides is 1. The fraction of sp³-hybridized carbons (Fsp3) is 0.478. The molecule has 2 aliphatic rings. The summed E-state index contributed by atoms with van der Waals surface area (Å²) in [7, 11) is 0. The molecule has 0 radical (unpaired) electrons. The molecule has 7 heteroatoms. The fourth-order valence-electron chi connectivity index (χ4n) is 5.02. The molecule has 0 aliphatic carbocycles. The van der Waals surface area contributed by atoms with Gasteiger partial charge in [0.2, 0.25) is 5.91 Å². The zero-order chi connectivity index (χ0) is 21.6. The van der Waals surface area contributed by atoms with Crippen LogP contribution in [0.5, 0.6) is 0 Å². The highest BCUT2D eigenvalue weighted by Crippen LogP contribution is 2.50. The minimum absolute atomic E-state index is 0.00780. The van der Waals surface area contributed by atoms with Crippen molar-refractivity contribution in [2.24, 2.45) is 5.41 Å². The Morgan fingerprint density at radius 2 is 1.70 bits per heavy atom. The number of hydrogen-bond acceptors (Lipinski definition) is 3. The summed E-state index contributed by atoms with van der Waals surface area (Å²) in [5, 5.41) is 0. The largest absolute Gasteiger partial charge is 0.433 e. The fourth-order valence-corrected chi connectivity index (χ4v) is 5.02. The molecule has 0 atom stereocenters. The van der Waals surface area contributed by atoms with Gasteiger partial charge in [-0.25, -0.2) is 4.98 Å². The van der Waals surface area contributed by atoms with E-state index in [1.165, 1.54) is 17.8 Å². The van der Waals surface area contributed by atoms with Crippen molar-refractivity contribution < 1.29 is 18.0 Å². The maximum atomic E-state index is 13.5. The third kappa shape index (κ3) is 3.83. The normalized spacial score (nSPS) is 21.4. The maximum Gasteiger partial charge on any atom is 0.433 e. The van der Waals surface area contributed by atoms with Crippen molar-refractivity contribution in [3.05, 3.63) is 59.9 Å². The molecule has 0 saturated carbocycles. The lowest BCUT2D eigenvalue weighted by molar-refractivity contribution is -0.141. The summed E-state index contributed by atoms with van der Waals surface area (Å²) < 4.78 is 38.6. The van der Waals surface area contributed by atoms with Gasteiger partial charge < -0.3 is 4.90 Å². The van der Waals surface area contributed by atoms with Crippen LogP contribution >= 0.6 is 0 Å². The molecule has 1 spiro atoms. The smallest absolute Gasteiger partial charge is 0.305 e. The van der Waals surface area contributed by atoms with Crippen molar-refractivity contribution in [2.45, 2.75) is 51.4 Å². The van der Waals surface area contributed by atoms with Crippen LogP contribution in [0.1, 0.15) is 44.4 Å². The van der Waals surface area contributed by atoms with Gasteiger partial charge in [-0.3, -0.25) is 9.69 Å². The highest BCUT2D eigenvalue weighted by atomic mass is 19.4. The molecular weight excluding hydrogens is 391 g/mol. The average molecular weight is 417 g/mol. The number of anilines is 1. The molecular formula is C23H26F3N3O. The SMILES string of the molecule is CC1(C)CC2(CCN(Cc3ccccc3)CC2)C(=O)N1c1ccc(C(F)(F)F)nc1. The number of halogens is 3. The Morgan fingerprint density at radius 3 is 2.27 bits per heavy atom. The second kappa shape index (κ2) is 7.38. The lowest BCUT2D eigenvalue weighted by Crippen LogP contribution is -2.45. The van der Waals surface area contributed by atoms with Crippen molar-refractivity contribution in [1.29, 1.82) is 0 Å². The highest BCUT2D eigenvalue weighted by molar-refractivity contribution is 6.01. The van der Waals surface area contributed by atoms with E-state index in [4.69, 9.17) is 0 Å². The number of carbonyl (C=O) groups is 1. The zero-order valence-electron chi connectivity index (χ0n) is 17.2. The first-order valence-corrected chi connectivity index (χ1v) is 10.3. The molecule has 1 aromatic heterocycles. The molecule has 4 rings (SSSR count). The number of aromatic nitrogens is 1. The monoisotopic (exact) mass is 417 g/mol. The van der Waals surface area contributed by atoms with Crippen LogP contribution in [0.3, 0.4) is 0 Å². The summed E-state index contributed by atoms with van der Waals surface area (Å²) in [6.45, 7) is 6.48. The molecule has 1 amide bonds. The van der Waals surface area contributed by atoms with Crippen LogP contribution in [-0.2, 0) is 17.5 Å². The van der Waals surface area contributed by atoms with Gasteiger partial charge in [0, 0.05) is 12.1 Å². The first kappa shape index (κ1) is 20.8. The van der Waals surface area contributed by atoms with E-state index < -0.39 is 22.8 Å². The molecule has 3 heterocycles. The Kier molecular flexibility index (Phi) is 5.12. The lowest BCUT2D eigenvalue weighted by Gasteiger charge is -2.38. The number of rotatable bonds is 3. The van der Waals surface area contributed by atoms with Gasteiger partial charge in [0.05, 0.1) is 17.3 Å². The van der Waals surface area contributed by atoms with E-state index >= 15 is 0 Å². The van der Waals surface area contributed by atoms with E-state index in [0.717, 1.165) is 38.5 Å². The van der Waals surface area contributed by atoms with Crippen LogP contribution < -0.4 is 4.90 Å². The molecule has 4 nitrogen and oxygen atoms in total. The molecule has 2 aliphatic heterocycles. The lowest BCUT2D eigenvalue weighted by atomic mass is 9.74. The second-order valence-corrected chi connectivity index (χ2v) is 9.07. The Labute approximate surface area is 174 Å². The number of hydrogen-bond donors (Lipinski definition) is 0. The Bertz CT molecular complexity index is 902. The van der Waals surface area contributed by atoms with Gasteiger partial charge in [-0.05, 0) is 63.9 Å². The van der Waals surface area contributed by atoms with Gasteiger partial charge >= 0.3 is 6.18 Å². The minimum Gasteiger partial charge on any atom is -0.305 e. The van der Waals surface area contributed by atoms with Gasteiger partial charge in [-0.1, -0.05) is 30.3 Å². The van der Waals surface area contributed by atoms with Crippen molar-refractivity contribution >= 4 is 11.6 Å². The number of pyridine rings is 1. The molecule has 2 fully saturated rings. The van der Waals surface area contributed by atoms with Gasteiger partial charge in [0.1, 0.15) is 5.69 Å². The summed E-state index contributed by atoms with van der Waals surface area (Å²) in [5.74, 6) is 0.00780. The summed E-state index contributed by atoms with van der Waals surface area (Å²) >= 11 is 0. The Balaban J connectivity index is 1.50. The van der Waals surface area contributed by atoms with Crippen molar-refractivity contribution in [1.82, 2.24) is 9.88 Å². The van der Waals surface area contributed by atoms with Gasteiger partial charge in [0.15, 0.2) is 0 Å². The van der Waals surface area contributed by atoms with Crippen LogP contribution in [0.2, 0.25) is 0 Å². The van der Waals surface area contributed by atoms with Crippen LogP contribution in [0.4, 0.5) is 18.9 Å². The van der Waals surface area contributed by atoms with Crippen LogP contribution in [0, 0.1) is 5.41 Å². The Hall–Kier alpha value is -2.41. The third-order valence-electron chi connectivity index (χ3n) is 6.39. The van der Waals surface area contributed by atoms with E-state index in [1.807, 2.05) is 32.0 Å². The summed E-state index contributed by atoms with van der Waals surface area (Å²) in [6, 6.07) is 12.6. The molecule has 2 saturated heterocycles. The molecule has 0 bridgehead atoms. The number of likely N-dealkylation sites (tertiary alicyclic amines) is 1. The van der Waals surface area contributed by atoms with E-state index in [2.05, 4.69) is 22.0 Å². The third-order valence-corrected chi connectivity index (χ3v) is 6.39. The molecule has 0 unspecified atom stereocenters. The quantitative estimate of drug-likeness (QED) is 0.713. The van der Waals surface area contributed by atoms with Gasteiger partial charge in [-0.2, -0.15) is 13.2 Å². The highest BCUT2D eigenvalue weighted by Gasteiger charge is 2.56. The standard InChI is InChI=1S/C23H26F3N3O/c1-21(2)16-22(10-12-28(13-11-22)15-17-6-4-3-5-7-17)20(30)29(21)18-8-9-19(27-14-18)23(24,25)26/h3-9,14H,10-13,15-16H2,1-2H3. The Morgan fingerprint density at radius 1 is 1.03 bits per heavy atom. The second-order valence-electron chi connectivity index (χ2n) is 9.07. The first-order valence-electron chi connectivity index (χ1n) is 10.3. The summed E-state index contributed by atoms with van der Waals surface area (Å²) in [4.78, 5) is 21.1. The summed E-state index contributed by atoms with van der Waals surface area (Å²) in [5.41, 5.74) is -0.190. The predicted octanol–water partition coefficient (Wildman–Crippen LogP) is 4.90. The minimum atomic E-state index is -4.49. The number of benzene rings is 1. The average Bonchev–Trinajstić information content (AvgIpc) is 2.89. The van der Waals surface area contributed by atoms with Crippen molar-refractivity contribution in [3.8, 4) is 0 Å². The van der Waals surface area contributed by atoms with Gasteiger partial charge in [0.25, 0.3) is 0 Å². The number of alkyl halides is 3. The summed E-state index contributed by atoms with van der Waals surface area (Å²) in [6.07, 6.45) is -1.11. The van der Waals surface area contributed by atoms with Crippen LogP contribution in [0.25, 0.3) is 0 Å². The van der Waals surface area contributed by atoms with Crippen LogP contribution in [-0.4, -0.2) is 34.4 Å². The zero-order valence-corrected chi connectivity index (χ0v) is 17.2. The molecule has 160 valence electrons. The van der Waals surface area contributed by atoms with Gasteiger partial charge in [-0.15, -0.1) is 0 Å². The van der Waals surface area contributed by atoms with E-state index in [1.54, 1.807) is 4.90 Å². The van der Waals surface area contributed by atoms with E-state index in [0.29, 0.717) is 12.1 Å². The van der Waals surface area contributed by atoms with Crippen molar-refractivity contribution in [2.75, 3.05) is 18.0 Å². The number of carbonyl (C=O) groups excluding carboxylic acids is 1. The van der Waals surface area contributed by atoms with Crippen molar-refractivity contribution in [3.63, 3.8) is 0 Å².